The zero-order valence-corrected chi connectivity index (χ0v) is 18.0. The maximum absolute atomic E-state index is 6.07. The van der Waals surface area contributed by atoms with Gasteiger partial charge in [0.15, 0.2) is 5.96 Å². The third kappa shape index (κ3) is 7.20. The van der Waals surface area contributed by atoms with Crippen molar-refractivity contribution in [3.63, 3.8) is 0 Å². The van der Waals surface area contributed by atoms with Crippen molar-refractivity contribution in [2.24, 2.45) is 4.99 Å². The average molecular weight is 473 g/mol. The third-order valence-corrected chi connectivity index (χ3v) is 4.07. The van der Waals surface area contributed by atoms with Crippen molar-refractivity contribution in [1.82, 2.24) is 15.6 Å². The second-order valence-electron chi connectivity index (χ2n) is 5.73. The summed E-state index contributed by atoms with van der Waals surface area (Å²) in [5.41, 5.74) is 3.63. The van der Waals surface area contributed by atoms with Crippen LogP contribution in [-0.4, -0.2) is 24.0 Å². The second-order valence-corrected chi connectivity index (χ2v) is 6.17. The van der Waals surface area contributed by atoms with Gasteiger partial charge in [-0.15, -0.1) is 24.0 Å². The van der Waals surface area contributed by atoms with E-state index in [-0.39, 0.29) is 30.0 Å². The van der Waals surface area contributed by atoms with Gasteiger partial charge in [-0.2, -0.15) is 0 Å². The summed E-state index contributed by atoms with van der Waals surface area (Å²) in [6, 6.07) is 10.1. The number of aryl methyl sites for hydroxylation is 1. The van der Waals surface area contributed by atoms with Crippen LogP contribution in [0.5, 0.6) is 0 Å². The molecule has 25 heavy (non-hydrogen) atoms. The largest absolute Gasteiger partial charge is 0.357 e. The van der Waals surface area contributed by atoms with E-state index in [1.165, 1.54) is 11.1 Å². The smallest absolute Gasteiger partial charge is 0.191 e. The van der Waals surface area contributed by atoms with Crippen LogP contribution in [0.25, 0.3) is 0 Å². The molecule has 1 aromatic carbocycles. The Kier molecular flexibility index (Phi) is 9.82. The molecule has 0 saturated carbocycles. The summed E-state index contributed by atoms with van der Waals surface area (Å²) in [6.45, 7) is 7.79. The Morgan fingerprint density at radius 3 is 2.80 bits per heavy atom. The summed E-state index contributed by atoms with van der Waals surface area (Å²) < 4.78 is 0. The number of aromatic nitrogens is 1. The van der Waals surface area contributed by atoms with E-state index in [1.54, 1.807) is 0 Å². The summed E-state index contributed by atoms with van der Waals surface area (Å²) in [4.78, 5) is 8.81. The molecule has 0 saturated heterocycles. The van der Waals surface area contributed by atoms with Gasteiger partial charge in [-0.05, 0) is 62.1 Å². The molecule has 0 radical (unpaired) electrons. The number of hydrogen-bond acceptors (Lipinski definition) is 2. The van der Waals surface area contributed by atoms with E-state index in [0.717, 1.165) is 36.1 Å². The lowest BCUT2D eigenvalue weighted by molar-refractivity contribution is 0.686. The molecular formula is C19H26ClIN4. The fraction of sp³-hybridized carbons (Fsp3) is 0.368. The predicted octanol–water partition coefficient (Wildman–Crippen LogP) is 4.52. The highest BCUT2D eigenvalue weighted by Gasteiger charge is 2.08. The molecule has 6 heteroatoms. The number of rotatable bonds is 6. The highest BCUT2D eigenvalue weighted by atomic mass is 127. The summed E-state index contributed by atoms with van der Waals surface area (Å²) in [6.07, 6.45) is 4.62. The molecule has 0 fully saturated rings. The Morgan fingerprint density at radius 2 is 2.12 bits per heavy atom. The summed E-state index contributed by atoms with van der Waals surface area (Å²) in [7, 11) is 0. The molecule has 0 spiro atoms. The lowest BCUT2D eigenvalue weighted by atomic mass is 10.1. The normalized spacial score (nSPS) is 12.2. The van der Waals surface area contributed by atoms with Crippen LogP contribution >= 0.6 is 35.6 Å². The number of benzene rings is 1. The number of aliphatic imine (C=N–C) groups is 1. The van der Waals surface area contributed by atoms with Gasteiger partial charge in [0.2, 0.25) is 0 Å². The van der Waals surface area contributed by atoms with Gasteiger partial charge in [0.1, 0.15) is 0 Å². The minimum Gasteiger partial charge on any atom is -0.357 e. The molecule has 0 aliphatic carbocycles. The van der Waals surface area contributed by atoms with Gasteiger partial charge in [-0.3, -0.25) is 9.98 Å². The number of pyridine rings is 1. The summed E-state index contributed by atoms with van der Waals surface area (Å²) in [5, 5.41) is 7.47. The molecule has 4 nitrogen and oxygen atoms in total. The van der Waals surface area contributed by atoms with E-state index >= 15 is 0 Å². The first-order valence-electron chi connectivity index (χ1n) is 8.30. The van der Waals surface area contributed by atoms with Crippen LogP contribution in [0, 0.1) is 6.92 Å². The molecule has 1 aromatic heterocycles. The van der Waals surface area contributed by atoms with Crippen LogP contribution in [0.1, 0.15) is 36.6 Å². The molecule has 1 atom stereocenters. The van der Waals surface area contributed by atoms with Gasteiger partial charge < -0.3 is 10.6 Å². The lowest BCUT2D eigenvalue weighted by Gasteiger charge is -2.18. The number of nitrogens with zero attached hydrogens (tertiary/aromatic N) is 2. The van der Waals surface area contributed by atoms with Gasteiger partial charge in [0.05, 0.1) is 6.04 Å². The summed E-state index contributed by atoms with van der Waals surface area (Å²) >= 11 is 6.07. The molecule has 2 aromatic rings. The first kappa shape index (κ1) is 21.7. The van der Waals surface area contributed by atoms with Gasteiger partial charge >= 0.3 is 0 Å². The van der Waals surface area contributed by atoms with Crippen LogP contribution in [0.3, 0.4) is 0 Å². The van der Waals surface area contributed by atoms with Crippen LogP contribution < -0.4 is 10.6 Å². The first-order valence-corrected chi connectivity index (χ1v) is 8.67. The standard InChI is InChI=1S/C19H25ClN4.HI/c1-4-22-19(23-11-9-16-8-10-21-13-14(16)2)24-15(3)17-6-5-7-18(20)12-17;/h5-8,10,12-13,15H,4,9,11H2,1-3H3,(H2,22,23,24);1H. The Hall–Kier alpha value is -1.34. The van der Waals surface area contributed by atoms with Crippen molar-refractivity contribution < 1.29 is 0 Å². The molecule has 136 valence electrons. The van der Waals surface area contributed by atoms with Gasteiger partial charge in [-0.1, -0.05) is 23.7 Å². The fourth-order valence-electron chi connectivity index (χ4n) is 2.46. The molecule has 2 N–H and O–H groups in total. The minimum absolute atomic E-state index is 0. The maximum Gasteiger partial charge on any atom is 0.191 e. The van der Waals surface area contributed by atoms with Crippen molar-refractivity contribution >= 4 is 41.5 Å². The third-order valence-electron chi connectivity index (χ3n) is 3.83. The molecule has 0 aliphatic heterocycles. The monoisotopic (exact) mass is 472 g/mol. The predicted molar refractivity (Wildman–Crippen MR) is 117 cm³/mol. The number of nitrogens with one attached hydrogen (secondary N) is 2. The molecule has 0 amide bonds. The van der Waals surface area contributed by atoms with Crippen molar-refractivity contribution in [2.75, 3.05) is 13.1 Å². The van der Waals surface area contributed by atoms with E-state index in [0.29, 0.717) is 0 Å². The Bertz CT molecular complexity index is 691. The van der Waals surface area contributed by atoms with Crippen molar-refractivity contribution in [1.29, 1.82) is 0 Å². The fourth-order valence-corrected chi connectivity index (χ4v) is 2.65. The van der Waals surface area contributed by atoms with Crippen molar-refractivity contribution in [3.8, 4) is 0 Å². The first-order chi connectivity index (χ1) is 11.6. The lowest BCUT2D eigenvalue weighted by Crippen LogP contribution is -2.38. The van der Waals surface area contributed by atoms with Gasteiger partial charge in [0.25, 0.3) is 0 Å². The topological polar surface area (TPSA) is 49.3 Å². The van der Waals surface area contributed by atoms with E-state index in [1.807, 2.05) is 30.6 Å². The van der Waals surface area contributed by atoms with Crippen LogP contribution in [-0.2, 0) is 6.42 Å². The Labute approximate surface area is 172 Å². The molecule has 0 aliphatic rings. The second kappa shape index (κ2) is 11.3. The highest BCUT2D eigenvalue weighted by molar-refractivity contribution is 14.0. The molecule has 1 unspecified atom stereocenters. The van der Waals surface area contributed by atoms with E-state index in [4.69, 9.17) is 11.6 Å². The van der Waals surface area contributed by atoms with Crippen LogP contribution in [0.4, 0.5) is 0 Å². The van der Waals surface area contributed by atoms with E-state index < -0.39 is 0 Å². The molecule has 2 rings (SSSR count). The van der Waals surface area contributed by atoms with Gasteiger partial charge in [0, 0.05) is 30.5 Å². The zero-order chi connectivity index (χ0) is 17.4. The molecular weight excluding hydrogens is 447 g/mol. The van der Waals surface area contributed by atoms with E-state index in [9.17, 15) is 0 Å². The number of halogens is 2. The summed E-state index contributed by atoms with van der Waals surface area (Å²) in [5.74, 6) is 0.816. The average Bonchev–Trinajstić information content (AvgIpc) is 2.56. The van der Waals surface area contributed by atoms with E-state index in [2.05, 4.69) is 53.5 Å². The van der Waals surface area contributed by atoms with Crippen molar-refractivity contribution in [3.05, 3.63) is 64.4 Å². The zero-order valence-electron chi connectivity index (χ0n) is 14.9. The Balaban J connectivity index is 0.00000312. The minimum atomic E-state index is 0. The van der Waals surface area contributed by atoms with Gasteiger partial charge in [-0.25, -0.2) is 0 Å². The van der Waals surface area contributed by atoms with Crippen LogP contribution in [0.15, 0.2) is 47.7 Å². The molecule has 0 bridgehead atoms. The maximum atomic E-state index is 6.07. The highest BCUT2D eigenvalue weighted by Crippen LogP contribution is 2.17. The van der Waals surface area contributed by atoms with Crippen LogP contribution in [0.2, 0.25) is 5.02 Å². The van der Waals surface area contributed by atoms with Crippen molar-refractivity contribution in [2.45, 2.75) is 33.2 Å². The Morgan fingerprint density at radius 1 is 1.32 bits per heavy atom. The number of hydrogen-bond donors (Lipinski definition) is 2. The number of guanidine groups is 1. The quantitative estimate of drug-likeness (QED) is 0.369. The molecule has 1 heterocycles. The SMILES string of the molecule is CCNC(=NCCc1ccncc1C)NC(C)c1cccc(Cl)c1.I.